The van der Waals surface area contributed by atoms with Crippen LogP contribution in [0.25, 0.3) is 0 Å². The lowest BCUT2D eigenvalue weighted by atomic mass is 10.1. The highest BCUT2D eigenvalue weighted by Crippen LogP contribution is 2.22. The summed E-state index contributed by atoms with van der Waals surface area (Å²) in [7, 11) is 0. The Labute approximate surface area is 120 Å². The second kappa shape index (κ2) is 6.53. The summed E-state index contributed by atoms with van der Waals surface area (Å²) in [5.41, 5.74) is 3.23. The third-order valence-electron chi connectivity index (χ3n) is 3.38. The third-order valence-corrected chi connectivity index (χ3v) is 3.38. The molecule has 0 fully saturated rings. The van der Waals surface area contributed by atoms with Crippen LogP contribution in [0.3, 0.4) is 0 Å². The van der Waals surface area contributed by atoms with Crippen molar-refractivity contribution in [2.45, 2.75) is 40.0 Å². The highest BCUT2D eigenvalue weighted by atomic mass is 16.3. The van der Waals surface area contributed by atoms with Crippen molar-refractivity contribution in [1.29, 1.82) is 0 Å². The molecule has 0 bridgehead atoms. The van der Waals surface area contributed by atoms with Gasteiger partial charge in [0.25, 0.3) is 0 Å². The number of pyridine rings is 1. The maximum Gasteiger partial charge on any atom is 0.131 e. The Hall–Kier alpha value is -1.87. The highest BCUT2D eigenvalue weighted by Gasteiger charge is 2.15. The number of nitrogens with zero attached hydrogens (tertiary/aromatic N) is 2. The van der Waals surface area contributed by atoms with Crippen LogP contribution in [-0.2, 0) is 13.2 Å². The van der Waals surface area contributed by atoms with Gasteiger partial charge >= 0.3 is 0 Å². The molecule has 0 aliphatic rings. The average Bonchev–Trinajstić information content (AvgIpc) is 2.46. The predicted molar refractivity (Wildman–Crippen MR) is 82.7 cm³/mol. The van der Waals surface area contributed by atoms with Crippen LogP contribution in [-0.4, -0.2) is 16.1 Å². The van der Waals surface area contributed by atoms with E-state index in [1.807, 2.05) is 19.1 Å². The molecule has 1 aromatic heterocycles. The second-order valence-electron chi connectivity index (χ2n) is 5.35. The van der Waals surface area contributed by atoms with E-state index >= 15 is 0 Å². The molecular formula is C17H22N2O. The molecule has 20 heavy (non-hydrogen) atoms. The largest absolute Gasteiger partial charge is 0.392 e. The maximum atomic E-state index is 9.18. The van der Waals surface area contributed by atoms with Gasteiger partial charge in [0.05, 0.1) is 6.61 Å². The summed E-state index contributed by atoms with van der Waals surface area (Å²) < 4.78 is 0. The van der Waals surface area contributed by atoms with Gasteiger partial charge in [0.1, 0.15) is 5.82 Å². The molecule has 0 radical (unpaired) electrons. The minimum absolute atomic E-state index is 0.0362. The molecule has 1 aromatic carbocycles. The lowest BCUT2D eigenvalue weighted by molar-refractivity contribution is 0.281. The van der Waals surface area contributed by atoms with Crippen molar-refractivity contribution in [3.63, 3.8) is 0 Å². The van der Waals surface area contributed by atoms with Gasteiger partial charge in [0, 0.05) is 18.8 Å². The molecule has 2 aromatic rings. The van der Waals surface area contributed by atoms with E-state index in [4.69, 9.17) is 0 Å². The summed E-state index contributed by atoms with van der Waals surface area (Å²) in [4.78, 5) is 6.82. The first-order valence-corrected chi connectivity index (χ1v) is 6.98. The fourth-order valence-electron chi connectivity index (χ4n) is 2.30. The summed E-state index contributed by atoms with van der Waals surface area (Å²) >= 11 is 0. The number of aliphatic hydroxyl groups is 1. The van der Waals surface area contributed by atoms with Crippen molar-refractivity contribution in [1.82, 2.24) is 4.98 Å². The summed E-state index contributed by atoms with van der Waals surface area (Å²) in [6, 6.07) is 12.8. The number of aliphatic hydroxyl groups excluding tert-OH is 1. The SMILES string of the molecule is Cc1cc(CO)cnc1N(Cc1ccccc1)C(C)C. The van der Waals surface area contributed by atoms with Crippen LogP contribution in [0, 0.1) is 6.92 Å². The third kappa shape index (κ3) is 3.36. The van der Waals surface area contributed by atoms with E-state index < -0.39 is 0 Å². The van der Waals surface area contributed by atoms with Crippen molar-refractivity contribution in [2.24, 2.45) is 0 Å². The van der Waals surface area contributed by atoms with Crippen LogP contribution < -0.4 is 4.90 Å². The zero-order valence-electron chi connectivity index (χ0n) is 12.4. The molecule has 3 heteroatoms. The summed E-state index contributed by atoms with van der Waals surface area (Å²) in [6.45, 7) is 7.26. The van der Waals surface area contributed by atoms with E-state index in [9.17, 15) is 5.11 Å². The quantitative estimate of drug-likeness (QED) is 0.905. The first-order valence-electron chi connectivity index (χ1n) is 6.98. The number of hydrogen-bond donors (Lipinski definition) is 1. The van der Waals surface area contributed by atoms with Gasteiger partial charge in [-0.25, -0.2) is 4.98 Å². The Morgan fingerprint density at radius 1 is 1.15 bits per heavy atom. The Morgan fingerprint density at radius 3 is 2.40 bits per heavy atom. The normalized spacial score (nSPS) is 10.8. The molecule has 3 nitrogen and oxygen atoms in total. The van der Waals surface area contributed by atoms with Crippen LogP contribution in [0.4, 0.5) is 5.82 Å². The number of rotatable bonds is 5. The highest BCUT2D eigenvalue weighted by molar-refractivity contribution is 5.48. The van der Waals surface area contributed by atoms with Crippen LogP contribution >= 0.6 is 0 Å². The molecular weight excluding hydrogens is 248 g/mol. The molecule has 1 N–H and O–H groups in total. The molecule has 106 valence electrons. The summed E-state index contributed by atoms with van der Waals surface area (Å²) in [5.74, 6) is 0.987. The van der Waals surface area contributed by atoms with Gasteiger partial charge in [0.2, 0.25) is 0 Å². The Kier molecular flexibility index (Phi) is 4.74. The van der Waals surface area contributed by atoms with Crippen LogP contribution in [0.1, 0.15) is 30.5 Å². The fourth-order valence-corrected chi connectivity index (χ4v) is 2.30. The zero-order chi connectivity index (χ0) is 14.5. The van der Waals surface area contributed by atoms with Crippen LogP contribution in [0.15, 0.2) is 42.6 Å². The Balaban J connectivity index is 2.29. The monoisotopic (exact) mass is 270 g/mol. The number of hydrogen-bond acceptors (Lipinski definition) is 3. The van der Waals surface area contributed by atoms with E-state index in [1.54, 1.807) is 6.20 Å². The standard InChI is InChI=1S/C17H22N2O/c1-13(2)19(11-15-7-5-4-6-8-15)17-14(3)9-16(12-20)10-18-17/h4-10,13,20H,11-12H2,1-3H3. The topological polar surface area (TPSA) is 36.4 Å². The average molecular weight is 270 g/mol. The summed E-state index contributed by atoms with van der Waals surface area (Å²) in [5, 5.41) is 9.18. The van der Waals surface area contributed by atoms with Crippen molar-refractivity contribution in [3.8, 4) is 0 Å². The zero-order valence-corrected chi connectivity index (χ0v) is 12.4. The summed E-state index contributed by atoms with van der Waals surface area (Å²) in [6.07, 6.45) is 1.75. The minimum atomic E-state index is 0.0362. The number of anilines is 1. The molecule has 0 saturated carbocycles. The van der Waals surface area contributed by atoms with Gasteiger partial charge in [-0.3, -0.25) is 0 Å². The molecule has 0 atom stereocenters. The molecule has 0 aliphatic carbocycles. The van der Waals surface area contributed by atoms with E-state index in [0.717, 1.165) is 23.5 Å². The van der Waals surface area contributed by atoms with E-state index in [-0.39, 0.29) is 6.61 Å². The van der Waals surface area contributed by atoms with Crippen molar-refractivity contribution >= 4 is 5.82 Å². The van der Waals surface area contributed by atoms with Gasteiger partial charge < -0.3 is 10.0 Å². The van der Waals surface area contributed by atoms with Gasteiger partial charge in [-0.1, -0.05) is 30.3 Å². The lowest BCUT2D eigenvalue weighted by Crippen LogP contribution is -2.31. The smallest absolute Gasteiger partial charge is 0.131 e. The first kappa shape index (κ1) is 14.5. The van der Waals surface area contributed by atoms with Crippen LogP contribution in [0.5, 0.6) is 0 Å². The van der Waals surface area contributed by atoms with E-state index in [0.29, 0.717) is 6.04 Å². The fraction of sp³-hybridized carbons (Fsp3) is 0.353. The molecule has 0 aliphatic heterocycles. The van der Waals surface area contributed by atoms with Crippen molar-refractivity contribution in [3.05, 3.63) is 59.3 Å². The van der Waals surface area contributed by atoms with Gasteiger partial charge in [-0.15, -0.1) is 0 Å². The van der Waals surface area contributed by atoms with Gasteiger partial charge in [0.15, 0.2) is 0 Å². The molecule has 0 amide bonds. The van der Waals surface area contributed by atoms with Gasteiger partial charge in [-0.05, 0) is 43.5 Å². The van der Waals surface area contributed by atoms with Gasteiger partial charge in [-0.2, -0.15) is 0 Å². The maximum absolute atomic E-state index is 9.18. The Bertz CT molecular complexity index is 552. The number of aromatic nitrogens is 1. The predicted octanol–water partition coefficient (Wildman–Crippen LogP) is 3.30. The molecule has 0 saturated heterocycles. The molecule has 1 heterocycles. The van der Waals surface area contributed by atoms with Crippen molar-refractivity contribution < 1.29 is 5.11 Å². The van der Waals surface area contributed by atoms with E-state index in [1.165, 1.54) is 5.56 Å². The minimum Gasteiger partial charge on any atom is -0.392 e. The first-order chi connectivity index (χ1) is 9.61. The van der Waals surface area contributed by atoms with Crippen molar-refractivity contribution in [2.75, 3.05) is 4.90 Å². The Morgan fingerprint density at radius 2 is 1.85 bits per heavy atom. The number of aryl methyl sites for hydroxylation is 1. The van der Waals surface area contributed by atoms with Crippen LogP contribution in [0.2, 0.25) is 0 Å². The molecule has 0 unspecified atom stereocenters. The lowest BCUT2D eigenvalue weighted by Gasteiger charge is -2.29. The molecule has 0 spiro atoms. The second-order valence-corrected chi connectivity index (χ2v) is 5.35. The van der Waals surface area contributed by atoms with E-state index in [2.05, 4.69) is 48.0 Å². The molecule has 2 rings (SSSR count). The number of benzene rings is 1.